The summed E-state index contributed by atoms with van der Waals surface area (Å²) in [6.45, 7) is 9.62. The number of hydrogen-bond acceptors (Lipinski definition) is 5. The average molecular weight is 409 g/mol. The fourth-order valence-corrected chi connectivity index (χ4v) is 3.67. The lowest BCUT2D eigenvalue weighted by molar-refractivity contribution is 0.0751. The molecule has 1 unspecified atom stereocenters. The molecule has 30 heavy (non-hydrogen) atoms. The van der Waals surface area contributed by atoms with Crippen molar-refractivity contribution in [3.05, 3.63) is 54.0 Å². The maximum Gasteiger partial charge on any atom is 0.408 e. The Bertz CT molecular complexity index is 1050. The van der Waals surface area contributed by atoms with E-state index in [0.29, 0.717) is 5.95 Å². The first-order valence-electron chi connectivity index (χ1n) is 9.78. The molecule has 158 valence electrons. The largest absolute Gasteiger partial charge is 0.465 e. The number of aryl methyl sites for hydroxylation is 2. The van der Waals surface area contributed by atoms with E-state index in [1.54, 1.807) is 17.1 Å². The van der Waals surface area contributed by atoms with Gasteiger partial charge in [0.15, 0.2) is 0 Å². The maximum atomic E-state index is 11.8. The molecule has 1 amide bonds. The van der Waals surface area contributed by atoms with E-state index in [4.69, 9.17) is 0 Å². The van der Waals surface area contributed by atoms with Crippen molar-refractivity contribution in [2.24, 2.45) is 7.05 Å². The molecule has 2 N–H and O–H groups in total. The first-order valence-corrected chi connectivity index (χ1v) is 9.78. The van der Waals surface area contributed by atoms with E-state index >= 15 is 0 Å². The molecule has 0 bridgehead atoms. The van der Waals surface area contributed by atoms with E-state index in [-0.39, 0.29) is 6.04 Å². The Balaban J connectivity index is 1.88. The number of nitrogens with one attached hydrogen (secondary N) is 1. The summed E-state index contributed by atoms with van der Waals surface area (Å²) in [5, 5.41) is 17.0. The predicted octanol–water partition coefficient (Wildman–Crippen LogP) is 4.77. The van der Waals surface area contributed by atoms with E-state index in [2.05, 4.69) is 20.4 Å². The topological polar surface area (TPSA) is 96.2 Å². The lowest BCUT2D eigenvalue weighted by atomic mass is 9.94. The third-order valence-electron chi connectivity index (χ3n) is 4.95. The number of carbonyl (C=O) groups is 1. The van der Waals surface area contributed by atoms with Crippen molar-refractivity contribution in [3.8, 4) is 11.3 Å². The van der Waals surface area contributed by atoms with Crippen molar-refractivity contribution in [3.63, 3.8) is 0 Å². The number of anilines is 2. The molecular formula is C22H28N6O2. The van der Waals surface area contributed by atoms with Crippen molar-refractivity contribution in [1.29, 1.82) is 0 Å². The summed E-state index contributed by atoms with van der Waals surface area (Å²) in [6.07, 6.45) is 4.33. The molecule has 8 nitrogen and oxygen atoms in total. The van der Waals surface area contributed by atoms with Crippen LogP contribution < -0.4 is 5.32 Å². The quantitative estimate of drug-likeness (QED) is 0.631. The Morgan fingerprint density at radius 3 is 2.57 bits per heavy atom. The van der Waals surface area contributed by atoms with Gasteiger partial charge in [-0.15, -0.1) is 0 Å². The molecule has 2 heterocycles. The van der Waals surface area contributed by atoms with Gasteiger partial charge < -0.3 is 10.4 Å². The molecule has 0 radical (unpaired) electrons. The van der Waals surface area contributed by atoms with Gasteiger partial charge in [-0.1, -0.05) is 12.1 Å². The van der Waals surface area contributed by atoms with Crippen LogP contribution in [0.2, 0.25) is 0 Å². The molecule has 2 aromatic heterocycles. The van der Waals surface area contributed by atoms with Crippen LogP contribution in [0.15, 0.2) is 42.9 Å². The molecule has 0 fully saturated rings. The second kappa shape index (κ2) is 8.14. The molecule has 0 saturated carbocycles. The molecule has 1 aromatic carbocycles. The highest BCUT2D eigenvalue weighted by Gasteiger charge is 2.32. The number of nitrogens with zero attached hydrogens (tertiary/aromatic N) is 5. The van der Waals surface area contributed by atoms with E-state index in [9.17, 15) is 9.90 Å². The minimum absolute atomic E-state index is 0.273. The molecule has 3 aromatic rings. The fraction of sp³-hybridized carbons (Fsp3) is 0.364. The third-order valence-corrected chi connectivity index (χ3v) is 4.95. The van der Waals surface area contributed by atoms with Gasteiger partial charge in [0.05, 0.1) is 23.6 Å². The van der Waals surface area contributed by atoms with Gasteiger partial charge in [0.2, 0.25) is 5.95 Å². The second-order valence-electron chi connectivity index (χ2n) is 8.36. The fourth-order valence-electron chi connectivity index (χ4n) is 3.67. The first kappa shape index (κ1) is 21.3. The molecular weight excluding hydrogens is 380 g/mol. The summed E-state index contributed by atoms with van der Waals surface area (Å²) in [5.74, 6) is 0.486. The van der Waals surface area contributed by atoms with Crippen LogP contribution in [0, 0.1) is 6.92 Å². The smallest absolute Gasteiger partial charge is 0.408 e. The normalized spacial score (nSPS) is 12.5. The maximum absolute atomic E-state index is 11.8. The lowest BCUT2D eigenvalue weighted by Crippen LogP contribution is -2.46. The number of aromatic nitrogens is 4. The Kier molecular flexibility index (Phi) is 5.78. The summed E-state index contributed by atoms with van der Waals surface area (Å²) in [7, 11) is 1.85. The van der Waals surface area contributed by atoms with Crippen LogP contribution in [0.25, 0.3) is 11.3 Å². The molecule has 1 atom stereocenters. The number of benzene rings is 1. The minimum atomic E-state index is -0.930. The predicted molar refractivity (Wildman–Crippen MR) is 117 cm³/mol. The average Bonchev–Trinajstić information content (AvgIpc) is 3.05. The van der Waals surface area contributed by atoms with Crippen LogP contribution in [0.5, 0.6) is 0 Å². The molecule has 8 heteroatoms. The van der Waals surface area contributed by atoms with Gasteiger partial charge in [0.25, 0.3) is 0 Å². The zero-order valence-electron chi connectivity index (χ0n) is 18.2. The second-order valence-corrected chi connectivity index (χ2v) is 8.36. The molecule has 3 rings (SSSR count). The van der Waals surface area contributed by atoms with E-state index in [1.807, 2.05) is 72.1 Å². The number of amides is 1. The van der Waals surface area contributed by atoms with Gasteiger partial charge in [-0.05, 0) is 57.9 Å². The van der Waals surface area contributed by atoms with Crippen molar-refractivity contribution >= 4 is 17.7 Å². The molecule has 0 aliphatic carbocycles. The summed E-state index contributed by atoms with van der Waals surface area (Å²) >= 11 is 0. The van der Waals surface area contributed by atoms with Gasteiger partial charge in [0, 0.05) is 30.5 Å². The van der Waals surface area contributed by atoms with Gasteiger partial charge in [0.1, 0.15) is 0 Å². The summed E-state index contributed by atoms with van der Waals surface area (Å²) < 4.78 is 1.70. The molecule has 0 aliphatic heterocycles. The van der Waals surface area contributed by atoms with E-state index in [0.717, 1.165) is 28.1 Å². The zero-order valence-corrected chi connectivity index (χ0v) is 18.2. The van der Waals surface area contributed by atoms with Crippen molar-refractivity contribution < 1.29 is 9.90 Å². The van der Waals surface area contributed by atoms with Crippen molar-refractivity contribution in [2.45, 2.75) is 46.2 Å². The molecule has 0 spiro atoms. The third kappa shape index (κ3) is 4.59. The monoisotopic (exact) mass is 408 g/mol. The van der Waals surface area contributed by atoms with Crippen molar-refractivity contribution in [1.82, 2.24) is 24.6 Å². The van der Waals surface area contributed by atoms with Crippen LogP contribution >= 0.6 is 0 Å². The van der Waals surface area contributed by atoms with Gasteiger partial charge in [-0.3, -0.25) is 9.58 Å². The van der Waals surface area contributed by atoms with E-state index in [1.165, 1.54) is 4.90 Å². The Hall–Kier alpha value is -3.42. The van der Waals surface area contributed by atoms with Crippen LogP contribution in [-0.4, -0.2) is 41.4 Å². The minimum Gasteiger partial charge on any atom is -0.465 e. The highest BCUT2D eigenvalue weighted by atomic mass is 16.4. The van der Waals surface area contributed by atoms with Gasteiger partial charge in [-0.2, -0.15) is 5.10 Å². The van der Waals surface area contributed by atoms with Crippen molar-refractivity contribution in [2.75, 3.05) is 5.32 Å². The molecule has 0 saturated heterocycles. The number of carboxylic acid groups (broad SMARTS) is 1. The van der Waals surface area contributed by atoms with Crippen LogP contribution in [0.3, 0.4) is 0 Å². The zero-order chi connectivity index (χ0) is 22.1. The van der Waals surface area contributed by atoms with Crippen LogP contribution in [0.1, 0.15) is 44.9 Å². The Morgan fingerprint density at radius 1 is 1.27 bits per heavy atom. The number of hydrogen-bond donors (Lipinski definition) is 2. The van der Waals surface area contributed by atoms with Crippen LogP contribution in [-0.2, 0) is 7.05 Å². The SMILES string of the molecule is Cc1cc(-c2ccnc(Nc3cnn(C)c3)n2)ccc1C(C)N(C(=O)O)C(C)(C)C. The van der Waals surface area contributed by atoms with Gasteiger partial charge in [-0.25, -0.2) is 14.8 Å². The molecule has 0 aliphatic rings. The highest BCUT2D eigenvalue weighted by Crippen LogP contribution is 2.32. The van der Waals surface area contributed by atoms with Gasteiger partial charge >= 0.3 is 6.09 Å². The summed E-state index contributed by atoms with van der Waals surface area (Å²) in [5.41, 5.74) is 4.01. The Morgan fingerprint density at radius 2 is 2.00 bits per heavy atom. The summed E-state index contributed by atoms with van der Waals surface area (Å²) in [6, 6.07) is 7.56. The summed E-state index contributed by atoms with van der Waals surface area (Å²) in [4.78, 5) is 22.2. The number of rotatable bonds is 5. The highest BCUT2D eigenvalue weighted by molar-refractivity contribution is 5.68. The standard InChI is InChI=1S/C22H28N6O2/c1-14-11-16(7-8-18(14)15(2)28(21(29)30)22(3,4)5)19-9-10-23-20(26-19)25-17-12-24-27(6)13-17/h7-13,15H,1-6H3,(H,29,30)(H,23,25,26). The van der Waals surface area contributed by atoms with E-state index < -0.39 is 11.6 Å². The van der Waals surface area contributed by atoms with Crippen LogP contribution in [0.4, 0.5) is 16.4 Å². The lowest BCUT2D eigenvalue weighted by Gasteiger charge is -2.38. The Labute approximate surface area is 176 Å². The first-order chi connectivity index (χ1) is 14.1.